The summed E-state index contributed by atoms with van der Waals surface area (Å²) in [7, 11) is 1.81. The van der Waals surface area contributed by atoms with Crippen molar-refractivity contribution in [1.82, 2.24) is 10.3 Å². The summed E-state index contributed by atoms with van der Waals surface area (Å²) in [6, 6.07) is 0.405. The molecule has 1 aliphatic rings. The lowest BCUT2D eigenvalue weighted by molar-refractivity contribution is 0.0819. The van der Waals surface area contributed by atoms with E-state index in [2.05, 4.69) is 29.0 Å². The molecule has 0 aliphatic carbocycles. The highest BCUT2D eigenvalue weighted by molar-refractivity contribution is 7.15. The van der Waals surface area contributed by atoms with Crippen LogP contribution in [0.2, 0.25) is 0 Å². The molecule has 1 saturated heterocycles. The van der Waals surface area contributed by atoms with Crippen LogP contribution in [0.4, 0.5) is 5.13 Å². The van der Waals surface area contributed by atoms with E-state index in [0.29, 0.717) is 12.1 Å². The Labute approximate surface area is 120 Å². The summed E-state index contributed by atoms with van der Waals surface area (Å²) in [5, 5.41) is 4.67. The van der Waals surface area contributed by atoms with Crippen LogP contribution >= 0.6 is 11.3 Å². The monoisotopic (exact) mass is 283 g/mol. The van der Waals surface area contributed by atoms with Crippen molar-refractivity contribution in [3.8, 4) is 0 Å². The molecule has 108 valence electrons. The molecule has 0 radical (unpaired) electrons. The molecule has 5 heteroatoms. The summed E-state index contributed by atoms with van der Waals surface area (Å²) in [6.45, 7) is 7.58. The van der Waals surface area contributed by atoms with Gasteiger partial charge in [0.2, 0.25) is 0 Å². The van der Waals surface area contributed by atoms with Crippen molar-refractivity contribution in [2.75, 3.05) is 31.6 Å². The molecule has 19 heavy (non-hydrogen) atoms. The van der Waals surface area contributed by atoms with Gasteiger partial charge in [-0.25, -0.2) is 4.98 Å². The molecular weight excluding hydrogens is 258 g/mol. The number of rotatable bonds is 6. The Balaban J connectivity index is 1.90. The van der Waals surface area contributed by atoms with Crippen molar-refractivity contribution >= 4 is 16.5 Å². The minimum absolute atomic E-state index is 0.405. The lowest BCUT2D eigenvalue weighted by Crippen LogP contribution is -2.36. The summed E-state index contributed by atoms with van der Waals surface area (Å²) in [4.78, 5) is 8.30. The number of ether oxygens (including phenoxy) is 1. The lowest BCUT2D eigenvalue weighted by atomic mass is 10.1. The van der Waals surface area contributed by atoms with Crippen LogP contribution in [-0.4, -0.2) is 37.8 Å². The smallest absolute Gasteiger partial charge is 0.185 e. The van der Waals surface area contributed by atoms with Gasteiger partial charge in [-0.1, -0.05) is 6.92 Å². The van der Waals surface area contributed by atoms with E-state index in [-0.39, 0.29) is 0 Å². The normalized spacial score (nSPS) is 18.8. The number of hydrogen-bond acceptors (Lipinski definition) is 5. The SMILES string of the molecule is CCCNC(C)c1cnc(N2CCC(OC)CC2)s1. The molecule has 1 unspecified atom stereocenters. The van der Waals surface area contributed by atoms with E-state index >= 15 is 0 Å². The second-order valence-corrected chi connectivity index (χ2v) is 6.18. The molecule has 2 heterocycles. The second kappa shape index (κ2) is 7.22. The predicted octanol–water partition coefficient (Wildman–Crippen LogP) is 2.82. The zero-order valence-electron chi connectivity index (χ0n) is 12.2. The van der Waals surface area contributed by atoms with Gasteiger partial charge in [0, 0.05) is 37.3 Å². The fraction of sp³-hybridized carbons (Fsp3) is 0.786. The molecular formula is C14H25N3OS. The van der Waals surface area contributed by atoms with Crippen LogP contribution < -0.4 is 10.2 Å². The highest BCUT2D eigenvalue weighted by atomic mass is 32.1. The maximum atomic E-state index is 5.41. The first-order valence-corrected chi connectivity index (χ1v) is 8.03. The number of hydrogen-bond donors (Lipinski definition) is 1. The predicted molar refractivity (Wildman–Crippen MR) is 81.1 cm³/mol. The molecule has 1 atom stereocenters. The average molecular weight is 283 g/mol. The third-order valence-electron chi connectivity index (χ3n) is 3.68. The van der Waals surface area contributed by atoms with Crippen molar-refractivity contribution < 1.29 is 4.74 Å². The van der Waals surface area contributed by atoms with Gasteiger partial charge in [-0.2, -0.15) is 0 Å². The summed E-state index contributed by atoms with van der Waals surface area (Å²) >= 11 is 1.82. The molecule has 0 bridgehead atoms. The number of piperidine rings is 1. The van der Waals surface area contributed by atoms with E-state index in [1.807, 2.05) is 24.6 Å². The van der Waals surface area contributed by atoms with Gasteiger partial charge in [-0.3, -0.25) is 0 Å². The van der Waals surface area contributed by atoms with Crippen molar-refractivity contribution in [2.24, 2.45) is 0 Å². The Morgan fingerprint density at radius 1 is 1.53 bits per heavy atom. The number of nitrogens with one attached hydrogen (secondary N) is 1. The quantitative estimate of drug-likeness (QED) is 0.871. The van der Waals surface area contributed by atoms with Crippen molar-refractivity contribution in [1.29, 1.82) is 0 Å². The minimum Gasteiger partial charge on any atom is -0.381 e. The topological polar surface area (TPSA) is 37.4 Å². The molecule has 4 nitrogen and oxygen atoms in total. The number of anilines is 1. The van der Waals surface area contributed by atoms with Crippen LogP contribution in [0.1, 0.15) is 44.0 Å². The summed E-state index contributed by atoms with van der Waals surface area (Å²) in [5.74, 6) is 0. The van der Waals surface area contributed by atoms with Crippen LogP contribution in [0, 0.1) is 0 Å². The highest BCUT2D eigenvalue weighted by Crippen LogP contribution is 2.29. The number of nitrogens with zero attached hydrogens (tertiary/aromatic N) is 2. The first-order valence-electron chi connectivity index (χ1n) is 7.21. The van der Waals surface area contributed by atoms with Gasteiger partial charge in [-0.15, -0.1) is 11.3 Å². The van der Waals surface area contributed by atoms with Crippen molar-refractivity contribution in [2.45, 2.75) is 45.3 Å². The lowest BCUT2D eigenvalue weighted by Gasteiger charge is -2.30. The molecule has 2 rings (SSSR count). The number of thiazole rings is 1. The van der Waals surface area contributed by atoms with Crippen LogP contribution in [0.25, 0.3) is 0 Å². The third kappa shape index (κ3) is 3.91. The van der Waals surface area contributed by atoms with Gasteiger partial charge < -0.3 is 15.0 Å². The van der Waals surface area contributed by atoms with E-state index in [9.17, 15) is 0 Å². The number of methoxy groups -OCH3 is 1. The van der Waals surface area contributed by atoms with Gasteiger partial charge in [0.1, 0.15) is 0 Å². The van der Waals surface area contributed by atoms with E-state index < -0.39 is 0 Å². The van der Waals surface area contributed by atoms with Crippen LogP contribution in [0.3, 0.4) is 0 Å². The summed E-state index contributed by atoms with van der Waals surface area (Å²) in [6.07, 6.45) is 5.83. The Morgan fingerprint density at radius 3 is 2.89 bits per heavy atom. The van der Waals surface area contributed by atoms with E-state index in [4.69, 9.17) is 4.74 Å². The standard InChI is InChI=1S/C14H25N3OS/c1-4-7-15-11(2)13-10-16-14(19-13)17-8-5-12(18-3)6-9-17/h10-12,15H,4-9H2,1-3H3. The van der Waals surface area contributed by atoms with E-state index in [1.54, 1.807) is 0 Å². The number of aromatic nitrogens is 1. The van der Waals surface area contributed by atoms with Gasteiger partial charge in [0.05, 0.1) is 6.10 Å². The zero-order chi connectivity index (χ0) is 13.7. The third-order valence-corrected chi connectivity index (χ3v) is 4.93. The van der Waals surface area contributed by atoms with E-state index in [0.717, 1.165) is 37.6 Å². The minimum atomic E-state index is 0.405. The first-order chi connectivity index (χ1) is 9.24. The van der Waals surface area contributed by atoms with E-state index in [1.165, 1.54) is 11.3 Å². The largest absolute Gasteiger partial charge is 0.381 e. The first kappa shape index (κ1) is 14.8. The van der Waals surface area contributed by atoms with Gasteiger partial charge >= 0.3 is 0 Å². The molecule has 1 N–H and O–H groups in total. The Bertz CT molecular complexity index is 375. The molecule has 0 spiro atoms. The fourth-order valence-corrected chi connectivity index (χ4v) is 3.36. The zero-order valence-corrected chi connectivity index (χ0v) is 13.0. The van der Waals surface area contributed by atoms with Crippen molar-refractivity contribution in [3.63, 3.8) is 0 Å². The maximum Gasteiger partial charge on any atom is 0.185 e. The molecule has 1 aromatic rings. The maximum absolute atomic E-state index is 5.41. The van der Waals surface area contributed by atoms with Gasteiger partial charge in [0.15, 0.2) is 5.13 Å². The Hall–Kier alpha value is -0.650. The second-order valence-electron chi connectivity index (χ2n) is 5.14. The molecule has 1 fully saturated rings. The van der Waals surface area contributed by atoms with Crippen LogP contribution in [0.15, 0.2) is 6.20 Å². The summed E-state index contributed by atoms with van der Waals surface area (Å²) < 4.78 is 5.41. The molecule has 1 aromatic heterocycles. The Kier molecular flexibility index (Phi) is 5.60. The van der Waals surface area contributed by atoms with Crippen LogP contribution in [-0.2, 0) is 4.74 Å². The van der Waals surface area contributed by atoms with Gasteiger partial charge in [-0.05, 0) is 32.7 Å². The average Bonchev–Trinajstić information content (AvgIpc) is 2.94. The van der Waals surface area contributed by atoms with Gasteiger partial charge in [0.25, 0.3) is 0 Å². The molecule has 1 aliphatic heterocycles. The molecule has 0 amide bonds. The van der Waals surface area contributed by atoms with Crippen molar-refractivity contribution in [3.05, 3.63) is 11.1 Å². The Morgan fingerprint density at radius 2 is 2.26 bits per heavy atom. The molecule has 0 aromatic carbocycles. The fourth-order valence-electron chi connectivity index (χ4n) is 2.37. The highest BCUT2D eigenvalue weighted by Gasteiger charge is 2.21. The van der Waals surface area contributed by atoms with Crippen LogP contribution in [0.5, 0.6) is 0 Å². The molecule has 0 saturated carbocycles. The summed E-state index contributed by atoms with van der Waals surface area (Å²) in [5.41, 5.74) is 0.